The molecule has 0 N–H and O–H groups in total. The SMILES string of the molecule is CCCCn1c(-c2ccccc2)nc(-c2ccccc2)c1CN(Cc1cccc(C)c1)Cc1ccc(OC)c(C)c1. The van der Waals surface area contributed by atoms with Crippen LogP contribution in [0.2, 0.25) is 0 Å². The van der Waals surface area contributed by atoms with Crippen LogP contribution in [0.25, 0.3) is 22.6 Å². The van der Waals surface area contributed by atoms with Gasteiger partial charge in [0.25, 0.3) is 0 Å². The van der Waals surface area contributed by atoms with Crippen molar-refractivity contribution in [1.82, 2.24) is 14.5 Å². The number of aryl methyl sites for hydroxylation is 2. The minimum absolute atomic E-state index is 0.785. The van der Waals surface area contributed by atoms with E-state index in [1.54, 1.807) is 7.11 Å². The van der Waals surface area contributed by atoms with Crippen LogP contribution in [-0.2, 0) is 26.2 Å². The van der Waals surface area contributed by atoms with Gasteiger partial charge in [-0.05, 0) is 43.0 Å². The van der Waals surface area contributed by atoms with E-state index in [0.717, 1.165) is 73.0 Å². The van der Waals surface area contributed by atoms with Crippen molar-refractivity contribution < 1.29 is 4.74 Å². The molecule has 0 amide bonds. The van der Waals surface area contributed by atoms with E-state index in [4.69, 9.17) is 9.72 Å². The smallest absolute Gasteiger partial charge is 0.140 e. The molecule has 1 aromatic heterocycles. The molecule has 4 nitrogen and oxygen atoms in total. The molecule has 0 atom stereocenters. The molecule has 0 spiro atoms. The van der Waals surface area contributed by atoms with Crippen LogP contribution in [0.3, 0.4) is 0 Å². The highest BCUT2D eigenvalue weighted by Crippen LogP contribution is 2.32. The van der Waals surface area contributed by atoms with Gasteiger partial charge >= 0.3 is 0 Å². The number of rotatable bonds is 12. The first-order chi connectivity index (χ1) is 20.1. The lowest BCUT2D eigenvalue weighted by atomic mass is 10.1. The third-order valence-corrected chi connectivity index (χ3v) is 7.61. The summed E-state index contributed by atoms with van der Waals surface area (Å²) in [6, 6.07) is 36.7. The van der Waals surface area contributed by atoms with Crippen LogP contribution in [0, 0.1) is 13.8 Å². The first kappa shape index (κ1) is 28.4. The second kappa shape index (κ2) is 13.5. The van der Waals surface area contributed by atoms with Gasteiger partial charge in [0, 0.05) is 37.3 Å². The Kier molecular flexibility index (Phi) is 9.33. The minimum atomic E-state index is 0.785. The third-order valence-electron chi connectivity index (χ3n) is 7.61. The van der Waals surface area contributed by atoms with Crippen LogP contribution in [0.4, 0.5) is 0 Å². The molecule has 0 bridgehead atoms. The highest BCUT2D eigenvalue weighted by Gasteiger charge is 2.22. The second-order valence-corrected chi connectivity index (χ2v) is 10.9. The van der Waals surface area contributed by atoms with Crippen LogP contribution in [0.1, 0.15) is 47.7 Å². The summed E-state index contributed by atoms with van der Waals surface area (Å²) in [5.74, 6) is 1.97. The molecule has 0 radical (unpaired) electrons. The molecule has 0 aliphatic carbocycles. The Hall–Kier alpha value is -4.15. The van der Waals surface area contributed by atoms with Gasteiger partial charge in [-0.2, -0.15) is 0 Å². The molecule has 4 aromatic carbocycles. The highest BCUT2D eigenvalue weighted by atomic mass is 16.5. The molecule has 0 aliphatic heterocycles. The van der Waals surface area contributed by atoms with Gasteiger partial charge in [0.2, 0.25) is 0 Å². The first-order valence-corrected chi connectivity index (χ1v) is 14.7. The summed E-state index contributed by atoms with van der Waals surface area (Å²) < 4.78 is 8.02. The normalized spacial score (nSPS) is 11.2. The van der Waals surface area contributed by atoms with E-state index >= 15 is 0 Å². The zero-order chi connectivity index (χ0) is 28.6. The van der Waals surface area contributed by atoms with Crippen molar-refractivity contribution in [2.45, 2.75) is 59.8 Å². The summed E-state index contributed by atoms with van der Waals surface area (Å²) in [4.78, 5) is 7.89. The van der Waals surface area contributed by atoms with E-state index in [2.05, 4.69) is 133 Å². The number of nitrogens with zero attached hydrogens (tertiary/aromatic N) is 3. The quantitative estimate of drug-likeness (QED) is 0.157. The maximum atomic E-state index is 5.55. The maximum absolute atomic E-state index is 5.55. The van der Waals surface area contributed by atoms with E-state index in [9.17, 15) is 0 Å². The summed E-state index contributed by atoms with van der Waals surface area (Å²) in [5, 5.41) is 0. The van der Waals surface area contributed by atoms with Crippen molar-refractivity contribution in [3.05, 3.63) is 131 Å². The number of methoxy groups -OCH3 is 1. The van der Waals surface area contributed by atoms with Crippen molar-refractivity contribution >= 4 is 0 Å². The Morgan fingerprint density at radius 2 is 1.41 bits per heavy atom. The Morgan fingerprint density at radius 1 is 0.732 bits per heavy atom. The van der Waals surface area contributed by atoms with Gasteiger partial charge in [-0.3, -0.25) is 4.90 Å². The predicted octanol–water partition coefficient (Wildman–Crippen LogP) is 8.85. The van der Waals surface area contributed by atoms with E-state index in [-0.39, 0.29) is 0 Å². The fourth-order valence-corrected chi connectivity index (χ4v) is 5.58. The zero-order valence-electron chi connectivity index (χ0n) is 24.8. The monoisotopic (exact) mass is 543 g/mol. The first-order valence-electron chi connectivity index (χ1n) is 14.7. The molecule has 5 rings (SSSR count). The van der Waals surface area contributed by atoms with Gasteiger partial charge in [-0.25, -0.2) is 4.98 Å². The predicted molar refractivity (Wildman–Crippen MR) is 170 cm³/mol. The molecule has 1 heterocycles. The fraction of sp³-hybridized carbons (Fsp3) is 0.270. The van der Waals surface area contributed by atoms with E-state index in [1.165, 1.54) is 22.4 Å². The lowest BCUT2D eigenvalue weighted by Gasteiger charge is -2.25. The standard InChI is InChI=1S/C37H41N3O/c1-5-6-22-40-34(36(32-16-9-7-10-17-32)38-37(40)33-18-11-8-12-19-33)27-39(25-30-15-13-14-28(2)23-30)26-31-20-21-35(41-4)29(3)24-31/h7-21,23-24H,5-6,22,25-27H2,1-4H3. The summed E-state index contributed by atoms with van der Waals surface area (Å²) in [6.07, 6.45) is 2.23. The Labute approximate surface area is 245 Å². The van der Waals surface area contributed by atoms with Crippen molar-refractivity contribution in [1.29, 1.82) is 0 Å². The minimum Gasteiger partial charge on any atom is -0.496 e. The van der Waals surface area contributed by atoms with Gasteiger partial charge < -0.3 is 9.30 Å². The van der Waals surface area contributed by atoms with Crippen LogP contribution < -0.4 is 4.74 Å². The third kappa shape index (κ3) is 6.96. The summed E-state index contributed by atoms with van der Waals surface area (Å²) >= 11 is 0. The van der Waals surface area contributed by atoms with Crippen molar-refractivity contribution in [2.24, 2.45) is 0 Å². The summed E-state index contributed by atoms with van der Waals surface area (Å²) in [6.45, 7) is 9.94. The summed E-state index contributed by atoms with van der Waals surface area (Å²) in [5.41, 5.74) is 9.69. The molecule has 0 unspecified atom stereocenters. The number of imidazole rings is 1. The molecule has 0 saturated heterocycles. The number of aromatic nitrogens is 2. The van der Waals surface area contributed by atoms with E-state index in [0.29, 0.717) is 0 Å². The average molecular weight is 544 g/mol. The van der Waals surface area contributed by atoms with Crippen LogP contribution in [0.5, 0.6) is 5.75 Å². The number of ether oxygens (including phenoxy) is 1. The van der Waals surface area contributed by atoms with Crippen molar-refractivity contribution in [3.63, 3.8) is 0 Å². The van der Waals surface area contributed by atoms with E-state index in [1.807, 2.05) is 0 Å². The lowest BCUT2D eigenvalue weighted by Crippen LogP contribution is -2.24. The molecular formula is C37H41N3O. The van der Waals surface area contributed by atoms with Crippen LogP contribution >= 0.6 is 0 Å². The molecule has 210 valence electrons. The largest absolute Gasteiger partial charge is 0.496 e. The Bertz CT molecular complexity index is 1560. The summed E-state index contributed by atoms with van der Waals surface area (Å²) in [7, 11) is 1.74. The molecule has 5 aromatic rings. The lowest BCUT2D eigenvalue weighted by molar-refractivity contribution is 0.241. The van der Waals surface area contributed by atoms with Gasteiger partial charge in [0.1, 0.15) is 11.6 Å². The molecular weight excluding hydrogens is 502 g/mol. The molecule has 4 heteroatoms. The number of hydrogen-bond acceptors (Lipinski definition) is 3. The molecule has 0 fully saturated rings. The topological polar surface area (TPSA) is 30.3 Å². The second-order valence-electron chi connectivity index (χ2n) is 10.9. The number of unbranched alkanes of at least 4 members (excludes halogenated alkanes) is 1. The van der Waals surface area contributed by atoms with E-state index < -0.39 is 0 Å². The highest BCUT2D eigenvalue weighted by molar-refractivity contribution is 5.68. The van der Waals surface area contributed by atoms with Crippen LogP contribution in [-0.4, -0.2) is 21.6 Å². The molecule has 0 saturated carbocycles. The van der Waals surface area contributed by atoms with Crippen LogP contribution in [0.15, 0.2) is 103 Å². The number of benzene rings is 4. The van der Waals surface area contributed by atoms with Crippen molar-refractivity contribution in [3.8, 4) is 28.4 Å². The van der Waals surface area contributed by atoms with Gasteiger partial charge in [-0.15, -0.1) is 0 Å². The van der Waals surface area contributed by atoms with Gasteiger partial charge in [0.05, 0.1) is 18.5 Å². The van der Waals surface area contributed by atoms with Gasteiger partial charge in [0.15, 0.2) is 0 Å². The van der Waals surface area contributed by atoms with Gasteiger partial charge in [-0.1, -0.05) is 116 Å². The molecule has 0 aliphatic rings. The average Bonchev–Trinajstić information content (AvgIpc) is 3.34. The Morgan fingerprint density at radius 3 is 2.05 bits per heavy atom. The van der Waals surface area contributed by atoms with Crippen molar-refractivity contribution in [2.75, 3.05) is 7.11 Å². The maximum Gasteiger partial charge on any atom is 0.140 e. The Balaban J connectivity index is 1.61. The fourth-order valence-electron chi connectivity index (χ4n) is 5.58. The number of hydrogen-bond donors (Lipinski definition) is 0. The molecule has 41 heavy (non-hydrogen) atoms. The zero-order valence-corrected chi connectivity index (χ0v) is 24.8.